The zero-order valence-electron chi connectivity index (χ0n) is 18.1. The van der Waals surface area contributed by atoms with Crippen molar-refractivity contribution >= 4 is 55.6 Å². The number of amides is 2. The number of morpholine rings is 1. The maximum absolute atomic E-state index is 13.0. The quantitative estimate of drug-likeness (QED) is 0.511. The van der Waals surface area contributed by atoms with Gasteiger partial charge in [-0.2, -0.15) is 4.31 Å². The predicted octanol–water partition coefficient (Wildman–Crippen LogP) is 3.70. The second-order valence-corrected chi connectivity index (χ2v) is 10.6. The normalized spacial score (nSPS) is 14.5. The summed E-state index contributed by atoms with van der Waals surface area (Å²) in [6.07, 6.45) is 0. The van der Waals surface area contributed by atoms with Crippen molar-refractivity contribution in [3.63, 3.8) is 0 Å². The Morgan fingerprint density at radius 3 is 2.47 bits per heavy atom. The molecule has 1 fully saturated rings. The van der Waals surface area contributed by atoms with E-state index in [0.717, 1.165) is 5.56 Å². The van der Waals surface area contributed by atoms with Gasteiger partial charge in [-0.1, -0.05) is 23.7 Å². The van der Waals surface area contributed by atoms with Crippen LogP contribution < -0.4 is 10.6 Å². The van der Waals surface area contributed by atoms with Gasteiger partial charge in [-0.3, -0.25) is 14.9 Å². The fraction of sp³-hybridized carbons (Fsp3) is 0.227. The van der Waals surface area contributed by atoms with E-state index < -0.39 is 15.9 Å². The molecular formula is C22H21ClN4O5S2. The molecule has 2 heterocycles. The van der Waals surface area contributed by atoms with E-state index in [2.05, 4.69) is 15.6 Å². The number of anilines is 2. The number of carbonyl (C=O) groups excluding carboxylic acids is 2. The summed E-state index contributed by atoms with van der Waals surface area (Å²) in [5.74, 6) is -0.661. The molecule has 1 aliphatic rings. The van der Waals surface area contributed by atoms with Crippen molar-refractivity contribution in [3.8, 4) is 11.3 Å². The molecule has 0 saturated carbocycles. The molecule has 2 amide bonds. The Balaban J connectivity index is 1.50. The van der Waals surface area contributed by atoms with Crippen molar-refractivity contribution in [3.05, 3.63) is 58.4 Å². The lowest BCUT2D eigenvalue weighted by molar-refractivity contribution is -0.114. The topological polar surface area (TPSA) is 118 Å². The third-order valence-corrected chi connectivity index (χ3v) is 8.14. The van der Waals surface area contributed by atoms with E-state index in [-0.39, 0.29) is 34.5 Å². The van der Waals surface area contributed by atoms with E-state index in [1.807, 2.05) is 12.1 Å². The molecule has 4 rings (SSSR count). The summed E-state index contributed by atoms with van der Waals surface area (Å²) in [5.41, 5.74) is 2.29. The van der Waals surface area contributed by atoms with Crippen LogP contribution in [0.4, 0.5) is 10.8 Å². The average molecular weight is 521 g/mol. The number of hydrogen-bond donors (Lipinski definition) is 2. The van der Waals surface area contributed by atoms with Gasteiger partial charge in [0.2, 0.25) is 15.9 Å². The molecule has 178 valence electrons. The fourth-order valence-corrected chi connectivity index (χ4v) is 5.95. The van der Waals surface area contributed by atoms with E-state index in [9.17, 15) is 18.0 Å². The van der Waals surface area contributed by atoms with Crippen LogP contribution in [0.25, 0.3) is 11.3 Å². The van der Waals surface area contributed by atoms with Gasteiger partial charge in [-0.25, -0.2) is 13.4 Å². The van der Waals surface area contributed by atoms with Crippen LogP contribution >= 0.6 is 22.9 Å². The van der Waals surface area contributed by atoms with Gasteiger partial charge < -0.3 is 10.1 Å². The van der Waals surface area contributed by atoms with Crippen LogP contribution in [0.5, 0.6) is 0 Å². The van der Waals surface area contributed by atoms with Gasteiger partial charge in [0.1, 0.15) is 4.90 Å². The van der Waals surface area contributed by atoms with Gasteiger partial charge in [0, 0.05) is 42.2 Å². The first-order chi connectivity index (χ1) is 16.2. The summed E-state index contributed by atoms with van der Waals surface area (Å²) < 4.78 is 32.5. The van der Waals surface area contributed by atoms with Gasteiger partial charge in [0.15, 0.2) is 5.13 Å². The fourth-order valence-electron chi connectivity index (χ4n) is 3.33. The number of rotatable bonds is 6. The monoisotopic (exact) mass is 520 g/mol. The first-order valence-corrected chi connectivity index (χ1v) is 13.0. The Labute approximate surface area is 205 Å². The van der Waals surface area contributed by atoms with Crippen LogP contribution in [0.2, 0.25) is 5.02 Å². The third-order valence-electron chi connectivity index (χ3n) is 5.01. The molecule has 2 aromatic carbocycles. The van der Waals surface area contributed by atoms with Crippen molar-refractivity contribution in [2.45, 2.75) is 11.8 Å². The van der Waals surface area contributed by atoms with Crippen molar-refractivity contribution in [2.75, 3.05) is 36.9 Å². The SMILES string of the molecule is CC(=O)Nc1ccc(-c2csc(NC(=O)c3ccc(Cl)c(S(=O)(=O)N4CCOCC4)c3)n2)cc1. The molecule has 0 atom stereocenters. The minimum atomic E-state index is -3.86. The Morgan fingerprint density at radius 1 is 1.09 bits per heavy atom. The number of aromatic nitrogens is 1. The van der Waals surface area contributed by atoms with E-state index in [4.69, 9.17) is 16.3 Å². The number of halogens is 1. The zero-order valence-corrected chi connectivity index (χ0v) is 20.5. The Morgan fingerprint density at radius 2 is 1.79 bits per heavy atom. The zero-order chi connectivity index (χ0) is 24.3. The van der Waals surface area contributed by atoms with Crippen LogP contribution in [0.15, 0.2) is 52.7 Å². The molecule has 9 nitrogen and oxygen atoms in total. The molecule has 12 heteroatoms. The van der Waals surface area contributed by atoms with Crippen LogP contribution in [0, 0.1) is 0 Å². The van der Waals surface area contributed by atoms with Crippen LogP contribution in [-0.4, -0.2) is 55.8 Å². The minimum Gasteiger partial charge on any atom is -0.379 e. The highest BCUT2D eigenvalue weighted by molar-refractivity contribution is 7.89. The molecule has 2 N–H and O–H groups in total. The largest absolute Gasteiger partial charge is 0.379 e. The minimum absolute atomic E-state index is 0.0438. The summed E-state index contributed by atoms with van der Waals surface area (Å²) in [6.45, 7) is 2.50. The van der Waals surface area contributed by atoms with E-state index in [0.29, 0.717) is 29.7 Å². The lowest BCUT2D eigenvalue weighted by Gasteiger charge is -2.26. The van der Waals surface area contributed by atoms with Crippen LogP contribution in [-0.2, 0) is 19.6 Å². The second-order valence-electron chi connectivity index (χ2n) is 7.41. The first kappa shape index (κ1) is 24.3. The molecule has 1 saturated heterocycles. The van der Waals surface area contributed by atoms with Gasteiger partial charge in [0.25, 0.3) is 5.91 Å². The molecule has 0 unspecified atom stereocenters. The molecule has 1 aromatic heterocycles. The third kappa shape index (κ3) is 5.45. The maximum Gasteiger partial charge on any atom is 0.257 e. The molecule has 0 bridgehead atoms. The highest BCUT2D eigenvalue weighted by Gasteiger charge is 2.29. The van der Waals surface area contributed by atoms with E-state index in [1.165, 1.54) is 40.8 Å². The standard InChI is InChI=1S/C22H21ClN4O5S2/c1-14(28)24-17-5-2-15(3-6-17)19-13-33-22(25-19)26-21(29)16-4-7-18(23)20(12-16)34(30,31)27-8-10-32-11-9-27/h2-7,12-13H,8-11H2,1H3,(H,24,28)(H,25,26,29). The van der Waals surface area contributed by atoms with Crippen LogP contribution in [0.1, 0.15) is 17.3 Å². The van der Waals surface area contributed by atoms with Crippen molar-refractivity contribution < 1.29 is 22.7 Å². The smallest absolute Gasteiger partial charge is 0.257 e. The lowest BCUT2D eigenvalue weighted by atomic mass is 10.1. The van der Waals surface area contributed by atoms with Crippen molar-refractivity contribution in [2.24, 2.45) is 0 Å². The molecule has 1 aliphatic heterocycles. The predicted molar refractivity (Wildman–Crippen MR) is 131 cm³/mol. The highest BCUT2D eigenvalue weighted by Crippen LogP contribution is 2.29. The van der Waals surface area contributed by atoms with Crippen molar-refractivity contribution in [1.82, 2.24) is 9.29 Å². The molecule has 0 spiro atoms. The number of carbonyl (C=O) groups is 2. The summed E-state index contributed by atoms with van der Waals surface area (Å²) >= 11 is 7.41. The number of nitrogens with one attached hydrogen (secondary N) is 2. The lowest BCUT2D eigenvalue weighted by Crippen LogP contribution is -2.40. The van der Waals surface area contributed by atoms with E-state index in [1.54, 1.807) is 17.5 Å². The average Bonchev–Trinajstić information content (AvgIpc) is 3.28. The highest BCUT2D eigenvalue weighted by atomic mass is 35.5. The summed E-state index contributed by atoms with van der Waals surface area (Å²) in [7, 11) is -3.86. The first-order valence-electron chi connectivity index (χ1n) is 10.3. The summed E-state index contributed by atoms with van der Waals surface area (Å²) in [5, 5.41) is 7.60. The maximum atomic E-state index is 13.0. The number of thiazole rings is 1. The molecule has 0 aliphatic carbocycles. The van der Waals surface area contributed by atoms with Gasteiger partial charge in [-0.05, 0) is 30.3 Å². The Hall–Kier alpha value is -2.83. The molecular weight excluding hydrogens is 500 g/mol. The van der Waals surface area contributed by atoms with Gasteiger partial charge >= 0.3 is 0 Å². The second kappa shape index (κ2) is 10.2. The Bertz CT molecular complexity index is 1320. The van der Waals surface area contributed by atoms with Gasteiger partial charge in [0.05, 0.1) is 23.9 Å². The summed E-state index contributed by atoms with van der Waals surface area (Å²) in [4.78, 5) is 28.3. The van der Waals surface area contributed by atoms with E-state index >= 15 is 0 Å². The van der Waals surface area contributed by atoms with Crippen LogP contribution in [0.3, 0.4) is 0 Å². The molecule has 0 radical (unpaired) electrons. The number of hydrogen-bond acceptors (Lipinski definition) is 7. The Kier molecular flexibility index (Phi) is 7.29. The number of nitrogens with zero attached hydrogens (tertiary/aromatic N) is 2. The number of benzene rings is 2. The molecule has 34 heavy (non-hydrogen) atoms. The van der Waals surface area contributed by atoms with Crippen molar-refractivity contribution in [1.29, 1.82) is 0 Å². The number of ether oxygens (including phenoxy) is 1. The molecule has 3 aromatic rings. The summed E-state index contributed by atoms with van der Waals surface area (Å²) in [6, 6.07) is 11.3. The number of sulfonamides is 1. The van der Waals surface area contributed by atoms with Gasteiger partial charge in [-0.15, -0.1) is 11.3 Å².